The Kier molecular flexibility index (Phi) is 4.37. The molecule has 0 aliphatic heterocycles. The number of benzene rings is 1. The minimum Gasteiger partial charge on any atom is -0.477 e. The lowest BCUT2D eigenvalue weighted by molar-refractivity contribution is -0.129. The number of nitrogens with one attached hydrogen (secondary N) is 2. The molecule has 3 N–H and O–H groups in total. The summed E-state index contributed by atoms with van der Waals surface area (Å²) in [4.78, 5) is 29.8. The van der Waals surface area contributed by atoms with E-state index in [4.69, 9.17) is 22.1 Å². The second-order valence-electron chi connectivity index (χ2n) is 4.59. The standard InChI is InChI=1S/C14H14ClN3O3/c1-2-8(12(16)14(20)21)13-17-9-4-3-7(11(19)6-15)5-10(9)18-13/h3-5,8,16H,2,6H2,1H3,(H,17,18)(H,20,21)/t8-/m0/s1. The minimum atomic E-state index is -1.26. The molecule has 21 heavy (non-hydrogen) atoms. The highest BCUT2D eigenvalue weighted by Gasteiger charge is 2.24. The summed E-state index contributed by atoms with van der Waals surface area (Å²) < 4.78 is 0. The molecule has 1 heterocycles. The topological polar surface area (TPSA) is 107 Å². The number of aromatic nitrogens is 2. The summed E-state index contributed by atoms with van der Waals surface area (Å²) in [5.74, 6) is -1.76. The molecule has 2 aromatic rings. The van der Waals surface area contributed by atoms with Gasteiger partial charge in [0.25, 0.3) is 0 Å². The number of hydrogen-bond acceptors (Lipinski definition) is 4. The first kappa shape index (κ1) is 15.2. The number of Topliss-reactive ketones (excluding diaryl/α,β-unsaturated/α-hetero) is 1. The van der Waals surface area contributed by atoms with Crippen LogP contribution in [-0.4, -0.2) is 38.4 Å². The zero-order valence-electron chi connectivity index (χ0n) is 11.3. The van der Waals surface area contributed by atoms with Crippen molar-refractivity contribution >= 4 is 40.1 Å². The molecule has 0 amide bonds. The number of alkyl halides is 1. The van der Waals surface area contributed by atoms with Crippen LogP contribution in [0.1, 0.15) is 35.4 Å². The number of hydrogen-bond donors (Lipinski definition) is 3. The van der Waals surface area contributed by atoms with Gasteiger partial charge >= 0.3 is 5.97 Å². The second-order valence-corrected chi connectivity index (χ2v) is 4.86. The Bertz CT molecular complexity index is 723. The van der Waals surface area contributed by atoms with E-state index in [1.165, 1.54) is 0 Å². The van der Waals surface area contributed by atoms with Crippen LogP contribution in [0, 0.1) is 5.41 Å². The average Bonchev–Trinajstić information content (AvgIpc) is 2.89. The first-order valence-corrected chi connectivity index (χ1v) is 6.92. The molecule has 1 aromatic carbocycles. The van der Waals surface area contributed by atoms with E-state index in [9.17, 15) is 9.59 Å². The summed E-state index contributed by atoms with van der Waals surface area (Å²) in [6.45, 7) is 1.79. The van der Waals surface area contributed by atoms with Gasteiger partial charge in [0.15, 0.2) is 5.78 Å². The Labute approximate surface area is 125 Å². The maximum absolute atomic E-state index is 11.6. The molecule has 6 nitrogen and oxygen atoms in total. The van der Waals surface area contributed by atoms with Crippen LogP contribution in [0.4, 0.5) is 0 Å². The lowest BCUT2D eigenvalue weighted by Gasteiger charge is -2.09. The van der Waals surface area contributed by atoms with Crippen molar-refractivity contribution in [3.05, 3.63) is 29.6 Å². The van der Waals surface area contributed by atoms with Crippen molar-refractivity contribution in [2.24, 2.45) is 0 Å². The van der Waals surface area contributed by atoms with Gasteiger partial charge in [-0.25, -0.2) is 9.78 Å². The number of carbonyl (C=O) groups excluding carboxylic acids is 1. The molecule has 1 aromatic heterocycles. The number of ketones is 1. The minimum absolute atomic E-state index is 0.103. The number of aromatic amines is 1. The molecule has 110 valence electrons. The van der Waals surface area contributed by atoms with Crippen molar-refractivity contribution in [2.45, 2.75) is 19.3 Å². The number of carboxylic acids is 1. The van der Waals surface area contributed by atoms with Crippen molar-refractivity contribution in [1.82, 2.24) is 9.97 Å². The molecule has 0 bridgehead atoms. The molecule has 0 spiro atoms. The molecular weight excluding hydrogens is 294 g/mol. The molecule has 0 aliphatic rings. The average molecular weight is 308 g/mol. The Morgan fingerprint density at radius 3 is 2.76 bits per heavy atom. The number of carbonyl (C=O) groups is 2. The highest BCUT2D eigenvalue weighted by atomic mass is 35.5. The monoisotopic (exact) mass is 307 g/mol. The Morgan fingerprint density at radius 1 is 1.48 bits per heavy atom. The fourth-order valence-electron chi connectivity index (χ4n) is 2.13. The van der Waals surface area contributed by atoms with Crippen molar-refractivity contribution in [3.63, 3.8) is 0 Å². The van der Waals surface area contributed by atoms with Crippen LogP contribution in [-0.2, 0) is 4.79 Å². The van der Waals surface area contributed by atoms with E-state index in [1.807, 2.05) is 0 Å². The maximum atomic E-state index is 11.6. The second kappa shape index (κ2) is 6.05. The van der Waals surface area contributed by atoms with Gasteiger partial charge in [0.1, 0.15) is 11.5 Å². The molecule has 0 unspecified atom stereocenters. The van der Waals surface area contributed by atoms with Gasteiger partial charge in [-0.1, -0.05) is 6.92 Å². The van der Waals surface area contributed by atoms with E-state index >= 15 is 0 Å². The molecule has 0 saturated heterocycles. The van der Waals surface area contributed by atoms with Crippen LogP contribution >= 0.6 is 11.6 Å². The number of halogens is 1. The van der Waals surface area contributed by atoms with E-state index in [2.05, 4.69) is 9.97 Å². The number of carboxylic acid groups (broad SMARTS) is 1. The predicted molar refractivity (Wildman–Crippen MR) is 79.5 cm³/mol. The first-order valence-electron chi connectivity index (χ1n) is 6.38. The van der Waals surface area contributed by atoms with E-state index < -0.39 is 17.6 Å². The SMILES string of the molecule is CC[C@@H](C(=N)C(=O)O)c1nc2ccc(C(=O)CCl)cc2[nH]1. The van der Waals surface area contributed by atoms with Crippen LogP contribution in [0.15, 0.2) is 18.2 Å². The molecular formula is C14H14ClN3O3. The summed E-state index contributed by atoms with van der Waals surface area (Å²) in [5, 5.41) is 16.6. The normalized spacial score (nSPS) is 12.3. The number of H-pyrrole nitrogens is 1. The van der Waals surface area contributed by atoms with E-state index in [0.29, 0.717) is 28.8 Å². The largest absolute Gasteiger partial charge is 0.477 e. The third kappa shape index (κ3) is 2.95. The summed E-state index contributed by atoms with van der Waals surface area (Å²) in [6, 6.07) is 4.93. The van der Waals surface area contributed by atoms with Crippen molar-refractivity contribution in [1.29, 1.82) is 5.41 Å². The number of nitrogens with zero attached hydrogens (tertiary/aromatic N) is 1. The number of rotatable bonds is 6. The quantitative estimate of drug-likeness (QED) is 0.433. The van der Waals surface area contributed by atoms with Gasteiger partial charge in [-0.3, -0.25) is 10.2 Å². The summed E-state index contributed by atoms with van der Waals surface area (Å²) in [5.41, 5.74) is 1.30. The molecule has 7 heteroatoms. The van der Waals surface area contributed by atoms with Crippen LogP contribution in [0.2, 0.25) is 0 Å². The number of aliphatic carboxylic acids is 1. The molecule has 0 saturated carbocycles. The Morgan fingerprint density at radius 2 is 2.19 bits per heavy atom. The third-order valence-electron chi connectivity index (χ3n) is 3.26. The van der Waals surface area contributed by atoms with E-state index in [0.717, 1.165) is 0 Å². The zero-order valence-corrected chi connectivity index (χ0v) is 12.1. The van der Waals surface area contributed by atoms with Crippen LogP contribution in [0.25, 0.3) is 11.0 Å². The van der Waals surface area contributed by atoms with Crippen LogP contribution in [0.3, 0.4) is 0 Å². The zero-order chi connectivity index (χ0) is 15.6. The molecule has 0 fully saturated rings. The van der Waals surface area contributed by atoms with Gasteiger partial charge in [-0.05, 0) is 24.6 Å². The van der Waals surface area contributed by atoms with Crippen molar-refractivity contribution < 1.29 is 14.7 Å². The fourth-order valence-corrected chi connectivity index (χ4v) is 2.28. The van der Waals surface area contributed by atoms with Gasteiger partial charge in [-0.2, -0.15) is 0 Å². The third-order valence-corrected chi connectivity index (χ3v) is 3.50. The van der Waals surface area contributed by atoms with Gasteiger partial charge in [0.05, 0.1) is 22.8 Å². The Hall–Kier alpha value is -2.21. The number of imidazole rings is 1. The van der Waals surface area contributed by atoms with E-state index in [1.54, 1.807) is 25.1 Å². The summed E-state index contributed by atoms with van der Waals surface area (Å²) >= 11 is 5.52. The van der Waals surface area contributed by atoms with Gasteiger partial charge < -0.3 is 10.1 Å². The molecule has 2 rings (SSSR count). The van der Waals surface area contributed by atoms with Crippen LogP contribution < -0.4 is 0 Å². The Balaban J connectivity index is 2.44. The van der Waals surface area contributed by atoms with Crippen molar-refractivity contribution in [2.75, 3.05) is 5.88 Å². The highest BCUT2D eigenvalue weighted by molar-refractivity contribution is 6.36. The lowest BCUT2D eigenvalue weighted by Crippen LogP contribution is -2.21. The smallest absolute Gasteiger partial charge is 0.350 e. The lowest BCUT2D eigenvalue weighted by atomic mass is 10.00. The predicted octanol–water partition coefficient (Wildman–Crippen LogP) is 2.58. The van der Waals surface area contributed by atoms with Gasteiger partial charge in [-0.15, -0.1) is 11.6 Å². The first-order chi connectivity index (χ1) is 9.97. The van der Waals surface area contributed by atoms with Crippen LogP contribution in [0.5, 0.6) is 0 Å². The number of fused-ring (bicyclic) bond motifs is 1. The molecule has 0 radical (unpaired) electrons. The molecule has 0 aliphatic carbocycles. The van der Waals surface area contributed by atoms with Gasteiger partial charge in [0, 0.05) is 5.56 Å². The summed E-state index contributed by atoms with van der Waals surface area (Å²) in [6.07, 6.45) is 0.443. The van der Waals surface area contributed by atoms with Crippen molar-refractivity contribution in [3.8, 4) is 0 Å². The maximum Gasteiger partial charge on any atom is 0.350 e. The fraction of sp³-hybridized carbons (Fsp3) is 0.286. The van der Waals surface area contributed by atoms with E-state index in [-0.39, 0.29) is 11.7 Å². The van der Waals surface area contributed by atoms with Gasteiger partial charge in [0.2, 0.25) is 0 Å². The highest BCUT2D eigenvalue weighted by Crippen LogP contribution is 2.22. The summed E-state index contributed by atoms with van der Waals surface area (Å²) in [7, 11) is 0. The molecule has 1 atom stereocenters.